The Hall–Kier alpha value is -1.10. The summed E-state index contributed by atoms with van der Waals surface area (Å²) in [4.78, 5) is 24.8. The standard InChI is InChI=1S/C13H24N2O3/c1-12(2,3)14-8-6-10(16)15-9-5-7-13(15,4)11(17)18/h14H,5-9H2,1-4H3,(H,17,18). The van der Waals surface area contributed by atoms with E-state index in [1.807, 2.05) is 20.8 Å². The smallest absolute Gasteiger partial charge is 0.329 e. The van der Waals surface area contributed by atoms with E-state index in [0.29, 0.717) is 25.9 Å². The van der Waals surface area contributed by atoms with Gasteiger partial charge in [-0.15, -0.1) is 0 Å². The van der Waals surface area contributed by atoms with Crippen molar-refractivity contribution >= 4 is 11.9 Å². The van der Waals surface area contributed by atoms with E-state index >= 15 is 0 Å². The molecule has 5 heteroatoms. The molecule has 0 bridgehead atoms. The van der Waals surface area contributed by atoms with Crippen molar-refractivity contribution in [2.75, 3.05) is 13.1 Å². The van der Waals surface area contributed by atoms with Gasteiger partial charge in [-0.3, -0.25) is 4.79 Å². The molecule has 0 saturated carbocycles. The fourth-order valence-electron chi connectivity index (χ4n) is 2.26. The first-order valence-electron chi connectivity index (χ1n) is 6.46. The number of carboxylic acids is 1. The van der Waals surface area contributed by atoms with Crippen molar-refractivity contribution in [1.29, 1.82) is 0 Å². The Morgan fingerprint density at radius 3 is 2.50 bits per heavy atom. The van der Waals surface area contributed by atoms with E-state index in [9.17, 15) is 14.7 Å². The van der Waals surface area contributed by atoms with Crippen LogP contribution < -0.4 is 5.32 Å². The fraction of sp³-hybridized carbons (Fsp3) is 0.846. The Bertz CT molecular complexity index is 336. The molecule has 1 saturated heterocycles. The van der Waals surface area contributed by atoms with E-state index < -0.39 is 11.5 Å². The molecule has 0 aromatic rings. The molecule has 1 aliphatic heterocycles. The number of nitrogens with one attached hydrogen (secondary N) is 1. The lowest BCUT2D eigenvalue weighted by molar-refractivity contribution is -0.155. The average Bonchev–Trinajstić information content (AvgIpc) is 2.59. The third-order valence-electron chi connectivity index (χ3n) is 3.40. The lowest BCUT2D eigenvalue weighted by atomic mass is 9.99. The number of aliphatic carboxylic acids is 1. The van der Waals surface area contributed by atoms with Crippen molar-refractivity contribution < 1.29 is 14.7 Å². The number of hydrogen-bond donors (Lipinski definition) is 2. The van der Waals surface area contributed by atoms with Gasteiger partial charge in [0.2, 0.25) is 5.91 Å². The Morgan fingerprint density at radius 2 is 2.00 bits per heavy atom. The predicted molar refractivity (Wildman–Crippen MR) is 69.4 cm³/mol. The van der Waals surface area contributed by atoms with Crippen LogP contribution in [0.15, 0.2) is 0 Å². The molecule has 1 unspecified atom stereocenters. The Labute approximate surface area is 109 Å². The second-order valence-electron chi connectivity index (χ2n) is 6.15. The lowest BCUT2D eigenvalue weighted by Crippen LogP contribution is -2.51. The summed E-state index contributed by atoms with van der Waals surface area (Å²) in [7, 11) is 0. The van der Waals surface area contributed by atoms with Gasteiger partial charge in [-0.1, -0.05) is 0 Å². The quantitative estimate of drug-likeness (QED) is 0.793. The van der Waals surface area contributed by atoms with Gasteiger partial charge in [0, 0.05) is 25.0 Å². The number of likely N-dealkylation sites (tertiary alicyclic amines) is 1. The highest BCUT2D eigenvalue weighted by Gasteiger charge is 2.45. The van der Waals surface area contributed by atoms with E-state index in [0.717, 1.165) is 6.42 Å². The molecule has 0 spiro atoms. The summed E-state index contributed by atoms with van der Waals surface area (Å²) in [5.41, 5.74) is -1.04. The van der Waals surface area contributed by atoms with E-state index in [1.165, 1.54) is 4.90 Å². The minimum Gasteiger partial charge on any atom is -0.480 e. The van der Waals surface area contributed by atoms with Gasteiger partial charge >= 0.3 is 5.97 Å². The van der Waals surface area contributed by atoms with Gasteiger partial charge in [-0.25, -0.2) is 4.79 Å². The minimum atomic E-state index is -1.02. The SMILES string of the molecule is CC(C)(C)NCCC(=O)N1CCCC1(C)C(=O)O. The summed E-state index contributed by atoms with van der Waals surface area (Å²) >= 11 is 0. The van der Waals surface area contributed by atoms with Crippen molar-refractivity contribution in [3.63, 3.8) is 0 Å². The van der Waals surface area contributed by atoms with Crippen LogP contribution in [0.5, 0.6) is 0 Å². The first kappa shape index (κ1) is 15.0. The lowest BCUT2D eigenvalue weighted by Gasteiger charge is -2.31. The third kappa shape index (κ3) is 3.45. The number of carboxylic acid groups (broad SMARTS) is 1. The van der Waals surface area contributed by atoms with Gasteiger partial charge in [-0.05, 0) is 40.5 Å². The predicted octanol–water partition coefficient (Wildman–Crippen LogP) is 1.23. The summed E-state index contributed by atoms with van der Waals surface area (Å²) in [6.07, 6.45) is 1.65. The second kappa shape index (κ2) is 5.26. The monoisotopic (exact) mass is 256 g/mol. The van der Waals surface area contributed by atoms with Crippen molar-refractivity contribution in [2.45, 2.75) is 58.0 Å². The maximum absolute atomic E-state index is 12.1. The molecule has 1 amide bonds. The topological polar surface area (TPSA) is 69.6 Å². The number of nitrogens with zero attached hydrogens (tertiary/aromatic N) is 1. The average molecular weight is 256 g/mol. The maximum Gasteiger partial charge on any atom is 0.329 e. The third-order valence-corrected chi connectivity index (χ3v) is 3.40. The zero-order valence-corrected chi connectivity index (χ0v) is 11.7. The van der Waals surface area contributed by atoms with Gasteiger partial charge in [0.15, 0.2) is 0 Å². The fourth-order valence-corrected chi connectivity index (χ4v) is 2.26. The van der Waals surface area contributed by atoms with Crippen molar-refractivity contribution in [1.82, 2.24) is 10.2 Å². The van der Waals surface area contributed by atoms with Crippen LogP contribution in [-0.2, 0) is 9.59 Å². The molecule has 1 fully saturated rings. The van der Waals surface area contributed by atoms with Gasteiger partial charge < -0.3 is 15.3 Å². The minimum absolute atomic E-state index is 0.0264. The molecule has 18 heavy (non-hydrogen) atoms. The number of carbonyl (C=O) groups excluding carboxylic acids is 1. The summed E-state index contributed by atoms with van der Waals surface area (Å²) in [5.74, 6) is -0.980. The van der Waals surface area contributed by atoms with Crippen LogP contribution >= 0.6 is 0 Å². The molecule has 0 aliphatic carbocycles. The van der Waals surface area contributed by atoms with Crippen LogP contribution in [0.2, 0.25) is 0 Å². The molecule has 1 atom stereocenters. The van der Waals surface area contributed by atoms with Crippen molar-refractivity contribution in [3.8, 4) is 0 Å². The molecule has 1 rings (SSSR count). The van der Waals surface area contributed by atoms with E-state index in [4.69, 9.17) is 0 Å². The van der Waals surface area contributed by atoms with Crippen LogP contribution in [0.3, 0.4) is 0 Å². The van der Waals surface area contributed by atoms with Crippen LogP contribution in [0.1, 0.15) is 47.0 Å². The van der Waals surface area contributed by atoms with Crippen molar-refractivity contribution in [3.05, 3.63) is 0 Å². The molecule has 1 aliphatic rings. The van der Waals surface area contributed by atoms with Crippen LogP contribution in [0, 0.1) is 0 Å². The summed E-state index contributed by atoms with van der Waals surface area (Å²) in [6, 6.07) is 0. The summed E-state index contributed by atoms with van der Waals surface area (Å²) in [5, 5.41) is 12.5. The highest BCUT2D eigenvalue weighted by molar-refractivity contribution is 5.87. The van der Waals surface area contributed by atoms with Gasteiger partial charge in [0.25, 0.3) is 0 Å². The first-order valence-corrected chi connectivity index (χ1v) is 6.46. The molecule has 0 radical (unpaired) electrons. The number of rotatable bonds is 4. The number of carbonyl (C=O) groups is 2. The zero-order valence-electron chi connectivity index (χ0n) is 11.7. The Kier molecular flexibility index (Phi) is 4.37. The Morgan fingerprint density at radius 1 is 1.39 bits per heavy atom. The summed E-state index contributed by atoms with van der Waals surface area (Å²) < 4.78 is 0. The van der Waals surface area contributed by atoms with Crippen LogP contribution in [-0.4, -0.2) is 46.1 Å². The molecule has 5 nitrogen and oxygen atoms in total. The highest BCUT2D eigenvalue weighted by Crippen LogP contribution is 2.29. The molecule has 0 aromatic heterocycles. The largest absolute Gasteiger partial charge is 0.480 e. The molecule has 104 valence electrons. The molecule has 0 aromatic carbocycles. The van der Waals surface area contributed by atoms with Crippen LogP contribution in [0.4, 0.5) is 0 Å². The van der Waals surface area contributed by atoms with Gasteiger partial charge in [0.05, 0.1) is 0 Å². The zero-order chi connectivity index (χ0) is 14.0. The Balaban J connectivity index is 2.54. The second-order valence-corrected chi connectivity index (χ2v) is 6.15. The summed E-state index contributed by atoms with van der Waals surface area (Å²) in [6.45, 7) is 8.88. The van der Waals surface area contributed by atoms with Gasteiger partial charge in [0.1, 0.15) is 5.54 Å². The highest BCUT2D eigenvalue weighted by atomic mass is 16.4. The van der Waals surface area contributed by atoms with Gasteiger partial charge in [-0.2, -0.15) is 0 Å². The molecule has 1 heterocycles. The van der Waals surface area contributed by atoms with E-state index in [-0.39, 0.29) is 11.4 Å². The normalized spacial score (nSPS) is 24.3. The van der Waals surface area contributed by atoms with Crippen molar-refractivity contribution in [2.24, 2.45) is 0 Å². The molecule has 2 N–H and O–H groups in total. The van der Waals surface area contributed by atoms with E-state index in [2.05, 4.69) is 5.32 Å². The maximum atomic E-state index is 12.1. The molecular weight excluding hydrogens is 232 g/mol. The molecular formula is C13H24N2O3. The number of amides is 1. The van der Waals surface area contributed by atoms with E-state index in [1.54, 1.807) is 6.92 Å². The van der Waals surface area contributed by atoms with Crippen LogP contribution in [0.25, 0.3) is 0 Å². The first-order chi connectivity index (χ1) is 8.17. The number of hydrogen-bond acceptors (Lipinski definition) is 3.